The van der Waals surface area contributed by atoms with Gasteiger partial charge in [-0.3, -0.25) is 0 Å². The lowest BCUT2D eigenvalue weighted by molar-refractivity contribution is 0.593. The fourth-order valence-corrected chi connectivity index (χ4v) is 3.32. The molecule has 0 fully saturated rings. The standard InChI is InChI=1S/C14H17FN2S2/c1-10(2)16-7-13-8-17-14(19-13)9-18-12-5-3-4-11(15)6-12/h3-6,8,10,16H,7,9H2,1-2H3. The van der Waals surface area contributed by atoms with Crippen molar-refractivity contribution >= 4 is 23.1 Å². The molecule has 0 atom stereocenters. The van der Waals surface area contributed by atoms with E-state index in [-0.39, 0.29) is 5.82 Å². The Kier molecular flexibility index (Phi) is 5.36. The van der Waals surface area contributed by atoms with Crippen molar-refractivity contribution in [3.8, 4) is 0 Å². The van der Waals surface area contributed by atoms with Gasteiger partial charge in [0.1, 0.15) is 10.8 Å². The lowest BCUT2D eigenvalue weighted by Gasteiger charge is -2.04. The third kappa shape index (κ3) is 4.93. The molecule has 0 saturated carbocycles. The summed E-state index contributed by atoms with van der Waals surface area (Å²) in [7, 11) is 0. The van der Waals surface area contributed by atoms with Crippen molar-refractivity contribution in [1.82, 2.24) is 10.3 Å². The van der Waals surface area contributed by atoms with Gasteiger partial charge in [0.05, 0.1) is 5.75 Å². The highest BCUT2D eigenvalue weighted by Gasteiger charge is 2.04. The van der Waals surface area contributed by atoms with Gasteiger partial charge in [0.2, 0.25) is 0 Å². The number of hydrogen-bond acceptors (Lipinski definition) is 4. The average Bonchev–Trinajstić information content (AvgIpc) is 2.82. The van der Waals surface area contributed by atoms with Gasteiger partial charge < -0.3 is 5.32 Å². The Morgan fingerprint density at radius 3 is 3.00 bits per heavy atom. The molecule has 102 valence electrons. The van der Waals surface area contributed by atoms with Crippen LogP contribution in [-0.4, -0.2) is 11.0 Å². The molecule has 0 bridgehead atoms. The van der Waals surface area contributed by atoms with Crippen LogP contribution < -0.4 is 5.32 Å². The first-order valence-electron chi connectivity index (χ1n) is 6.19. The number of nitrogens with zero attached hydrogens (tertiary/aromatic N) is 1. The molecule has 1 aromatic carbocycles. The SMILES string of the molecule is CC(C)NCc1cnc(CSc2cccc(F)c2)s1. The summed E-state index contributed by atoms with van der Waals surface area (Å²) in [5, 5.41) is 4.45. The van der Waals surface area contributed by atoms with Gasteiger partial charge >= 0.3 is 0 Å². The van der Waals surface area contributed by atoms with Gasteiger partial charge in [-0.05, 0) is 18.2 Å². The first-order valence-corrected chi connectivity index (χ1v) is 7.99. The Morgan fingerprint density at radius 1 is 1.42 bits per heavy atom. The van der Waals surface area contributed by atoms with E-state index in [4.69, 9.17) is 0 Å². The molecule has 0 aliphatic carbocycles. The Balaban J connectivity index is 1.86. The first-order chi connectivity index (χ1) is 9.13. The zero-order valence-corrected chi connectivity index (χ0v) is 12.7. The fraction of sp³-hybridized carbons (Fsp3) is 0.357. The molecule has 2 aromatic rings. The van der Waals surface area contributed by atoms with Crippen LogP contribution in [0.1, 0.15) is 23.7 Å². The smallest absolute Gasteiger partial charge is 0.124 e. The highest BCUT2D eigenvalue weighted by Crippen LogP contribution is 2.25. The number of thioether (sulfide) groups is 1. The highest BCUT2D eigenvalue weighted by molar-refractivity contribution is 7.98. The second kappa shape index (κ2) is 7.03. The van der Waals surface area contributed by atoms with Crippen LogP contribution in [0.15, 0.2) is 35.4 Å². The highest BCUT2D eigenvalue weighted by atomic mass is 32.2. The zero-order valence-electron chi connectivity index (χ0n) is 11.0. The van der Waals surface area contributed by atoms with Crippen molar-refractivity contribution in [2.45, 2.75) is 37.1 Å². The summed E-state index contributed by atoms with van der Waals surface area (Å²) in [5.41, 5.74) is 0. The van der Waals surface area contributed by atoms with Gasteiger partial charge in [-0.1, -0.05) is 19.9 Å². The molecule has 1 N–H and O–H groups in total. The van der Waals surface area contributed by atoms with Crippen LogP contribution >= 0.6 is 23.1 Å². The van der Waals surface area contributed by atoms with Gasteiger partial charge in [-0.2, -0.15) is 0 Å². The maximum atomic E-state index is 13.0. The third-order valence-corrected chi connectivity index (χ3v) is 4.63. The summed E-state index contributed by atoms with van der Waals surface area (Å²) in [4.78, 5) is 6.58. The Morgan fingerprint density at radius 2 is 2.26 bits per heavy atom. The van der Waals surface area contributed by atoms with E-state index in [0.29, 0.717) is 6.04 Å². The van der Waals surface area contributed by atoms with Crippen LogP contribution in [0.5, 0.6) is 0 Å². The lowest BCUT2D eigenvalue weighted by atomic mass is 10.4. The lowest BCUT2D eigenvalue weighted by Crippen LogP contribution is -2.21. The van der Waals surface area contributed by atoms with E-state index >= 15 is 0 Å². The molecule has 2 rings (SSSR count). The molecule has 0 radical (unpaired) electrons. The second-order valence-electron chi connectivity index (χ2n) is 4.50. The van der Waals surface area contributed by atoms with Crippen LogP contribution in [0.3, 0.4) is 0 Å². The van der Waals surface area contributed by atoms with Crippen molar-refractivity contribution < 1.29 is 4.39 Å². The fourth-order valence-electron chi connectivity index (χ4n) is 1.50. The first kappa shape index (κ1) is 14.5. The number of hydrogen-bond donors (Lipinski definition) is 1. The number of thiazole rings is 1. The van der Waals surface area contributed by atoms with Crippen LogP contribution in [0.25, 0.3) is 0 Å². The Bertz CT molecular complexity index is 526. The molecule has 0 amide bonds. The van der Waals surface area contributed by atoms with Gasteiger partial charge in [-0.25, -0.2) is 9.37 Å². The number of aromatic nitrogens is 1. The normalized spacial score (nSPS) is 11.2. The predicted molar refractivity (Wildman–Crippen MR) is 80.1 cm³/mol. The summed E-state index contributed by atoms with van der Waals surface area (Å²) >= 11 is 3.32. The minimum atomic E-state index is -0.189. The van der Waals surface area contributed by atoms with Crippen LogP contribution in [-0.2, 0) is 12.3 Å². The predicted octanol–water partition coefficient (Wildman–Crippen LogP) is 4.07. The number of rotatable bonds is 6. The summed E-state index contributed by atoms with van der Waals surface area (Å²) in [6.45, 7) is 5.11. The molecule has 1 heterocycles. The maximum absolute atomic E-state index is 13.0. The van der Waals surface area contributed by atoms with Crippen molar-refractivity contribution in [3.05, 3.63) is 46.2 Å². The number of benzene rings is 1. The molecule has 0 aliphatic rings. The third-order valence-electron chi connectivity index (χ3n) is 2.44. The van der Waals surface area contributed by atoms with E-state index in [1.54, 1.807) is 35.2 Å². The van der Waals surface area contributed by atoms with Crippen LogP contribution in [0.2, 0.25) is 0 Å². The summed E-state index contributed by atoms with van der Waals surface area (Å²) in [5.74, 6) is 0.599. The van der Waals surface area contributed by atoms with Gasteiger partial charge in [0.25, 0.3) is 0 Å². The summed E-state index contributed by atoms with van der Waals surface area (Å²) in [6, 6.07) is 7.15. The minimum absolute atomic E-state index is 0.189. The Hall–Kier alpha value is -0.910. The molecule has 5 heteroatoms. The monoisotopic (exact) mass is 296 g/mol. The quantitative estimate of drug-likeness (QED) is 0.813. The van der Waals surface area contributed by atoms with E-state index in [0.717, 1.165) is 22.2 Å². The maximum Gasteiger partial charge on any atom is 0.124 e. The van der Waals surface area contributed by atoms with Gasteiger partial charge in [-0.15, -0.1) is 23.1 Å². The van der Waals surface area contributed by atoms with Crippen molar-refractivity contribution in [2.24, 2.45) is 0 Å². The van der Waals surface area contributed by atoms with E-state index < -0.39 is 0 Å². The Labute approximate surface area is 121 Å². The molecule has 0 unspecified atom stereocenters. The average molecular weight is 296 g/mol. The largest absolute Gasteiger partial charge is 0.310 e. The van der Waals surface area contributed by atoms with E-state index in [1.807, 2.05) is 12.3 Å². The van der Waals surface area contributed by atoms with Gasteiger partial charge in [0, 0.05) is 28.6 Å². The van der Waals surface area contributed by atoms with E-state index in [1.165, 1.54) is 10.9 Å². The van der Waals surface area contributed by atoms with Crippen molar-refractivity contribution in [2.75, 3.05) is 0 Å². The van der Waals surface area contributed by atoms with E-state index in [2.05, 4.69) is 24.1 Å². The van der Waals surface area contributed by atoms with Crippen molar-refractivity contribution in [3.63, 3.8) is 0 Å². The topological polar surface area (TPSA) is 24.9 Å². The summed E-state index contributed by atoms with van der Waals surface area (Å²) < 4.78 is 13.0. The molecular weight excluding hydrogens is 279 g/mol. The molecule has 19 heavy (non-hydrogen) atoms. The van der Waals surface area contributed by atoms with Gasteiger partial charge in [0.15, 0.2) is 0 Å². The molecule has 1 aromatic heterocycles. The van der Waals surface area contributed by atoms with Crippen LogP contribution in [0, 0.1) is 5.82 Å². The molecule has 2 nitrogen and oxygen atoms in total. The summed E-state index contributed by atoms with van der Waals surface area (Å²) in [6.07, 6.45) is 1.92. The zero-order chi connectivity index (χ0) is 13.7. The molecule has 0 spiro atoms. The van der Waals surface area contributed by atoms with Crippen LogP contribution in [0.4, 0.5) is 4.39 Å². The molecule has 0 aliphatic heterocycles. The number of halogens is 1. The van der Waals surface area contributed by atoms with Crippen molar-refractivity contribution in [1.29, 1.82) is 0 Å². The minimum Gasteiger partial charge on any atom is -0.310 e. The number of nitrogens with one attached hydrogen (secondary N) is 1. The second-order valence-corrected chi connectivity index (χ2v) is 6.75. The molecule has 0 saturated heterocycles. The molecular formula is C14H17FN2S2. The van der Waals surface area contributed by atoms with E-state index in [9.17, 15) is 4.39 Å².